The van der Waals surface area contributed by atoms with E-state index < -0.39 is 35.1 Å². The number of carboxylic acid groups (broad SMARTS) is 2. The minimum absolute atomic E-state index is 0.0911. The number of hydrogen-bond donors (Lipinski definition) is 2. The van der Waals surface area contributed by atoms with E-state index in [0.717, 1.165) is 0 Å². The SMILES string of the molecule is C[C@@H]1CN(C(=O)[C@@H]2[C@H](C(=O)O)C2(C)C)C[C@H]1C(=O)O. The number of likely N-dealkylation sites (tertiary alicyclic amines) is 1. The number of rotatable bonds is 3. The molecule has 2 rings (SSSR count). The van der Waals surface area contributed by atoms with Gasteiger partial charge >= 0.3 is 11.9 Å². The summed E-state index contributed by atoms with van der Waals surface area (Å²) < 4.78 is 0. The molecule has 6 nitrogen and oxygen atoms in total. The Balaban J connectivity index is 2.07. The van der Waals surface area contributed by atoms with Gasteiger partial charge in [0.25, 0.3) is 0 Å². The van der Waals surface area contributed by atoms with Crippen molar-refractivity contribution in [1.82, 2.24) is 4.90 Å². The summed E-state index contributed by atoms with van der Waals surface area (Å²) in [7, 11) is 0. The summed E-state index contributed by atoms with van der Waals surface area (Å²) in [6, 6.07) is 0. The third-order valence-electron chi connectivity index (χ3n) is 4.60. The second-order valence-electron chi connectivity index (χ2n) is 6.28. The number of aliphatic carboxylic acids is 2. The molecular weight excluding hydrogens is 250 g/mol. The third kappa shape index (κ3) is 2.09. The average Bonchev–Trinajstić information content (AvgIpc) is 2.65. The Kier molecular flexibility index (Phi) is 3.07. The number of amides is 1. The largest absolute Gasteiger partial charge is 0.481 e. The Morgan fingerprint density at radius 1 is 1.05 bits per heavy atom. The van der Waals surface area contributed by atoms with Crippen molar-refractivity contribution in [1.29, 1.82) is 0 Å². The molecule has 1 aliphatic heterocycles. The normalized spacial score (nSPS) is 36.1. The van der Waals surface area contributed by atoms with Crippen LogP contribution in [0.4, 0.5) is 0 Å². The van der Waals surface area contributed by atoms with Crippen LogP contribution < -0.4 is 0 Å². The number of carboxylic acids is 2. The molecule has 1 aliphatic carbocycles. The number of nitrogens with zero attached hydrogens (tertiary/aromatic N) is 1. The maximum Gasteiger partial charge on any atom is 0.308 e. The zero-order valence-corrected chi connectivity index (χ0v) is 11.3. The van der Waals surface area contributed by atoms with E-state index in [-0.39, 0.29) is 18.4 Å². The quantitative estimate of drug-likeness (QED) is 0.779. The van der Waals surface area contributed by atoms with E-state index in [0.29, 0.717) is 6.54 Å². The molecule has 0 spiro atoms. The predicted molar refractivity (Wildman–Crippen MR) is 65.3 cm³/mol. The maximum absolute atomic E-state index is 12.3. The Labute approximate surface area is 111 Å². The van der Waals surface area contributed by atoms with Crippen molar-refractivity contribution in [2.75, 3.05) is 13.1 Å². The first-order valence-electron chi connectivity index (χ1n) is 6.42. The van der Waals surface area contributed by atoms with Crippen molar-refractivity contribution in [3.8, 4) is 0 Å². The van der Waals surface area contributed by atoms with Gasteiger partial charge in [-0.25, -0.2) is 0 Å². The minimum atomic E-state index is -0.953. The van der Waals surface area contributed by atoms with E-state index in [9.17, 15) is 14.4 Å². The van der Waals surface area contributed by atoms with Gasteiger partial charge in [0.05, 0.1) is 17.8 Å². The Hall–Kier alpha value is -1.59. The van der Waals surface area contributed by atoms with Crippen LogP contribution in [0.2, 0.25) is 0 Å². The van der Waals surface area contributed by atoms with Gasteiger partial charge in [0.2, 0.25) is 5.91 Å². The molecule has 106 valence electrons. The van der Waals surface area contributed by atoms with E-state index in [4.69, 9.17) is 10.2 Å². The molecule has 4 atom stereocenters. The molecule has 0 aromatic heterocycles. The number of carbonyl (C=O) groups is 3. The molecule has 2 N–H and O–H groups in total. The molecule has 1 heterocycles. The molecule has 2 aliphatic rings. The summed E-state index contributed by atoms with van der Waals surface area (Å²) in [5.41, 5.74) is -0.534. The lowest BCUT2D eigenvalue weighted by Crippen LogP contribution is -2.32. The molecule has 0 aromatic rings. The first-order valence-corrected chi connectivity index (χ1v) is 6.42. The number of carbonyl (C=O) groups excluding carboxylic acids is 1. The monoisotopic (exact) mass is 269 g/mol. The zero-order valence-electron chi connectivity index (χ0n) is 11.3. The van der Waals surface area contributed by atoms with Crippen LogP contribution in [0.15, 0.2) is 0 Å². The molecule has 1 saturated heterocycles. The van der Waals surface area contributed by atoms with Gasteiger partial charge in [-0.1, -0.05) is 20.8 Å². The molecule has 0 aromatic carbocycles. The van der Waals surface area contributed by atoms with Crippen molar-refractivity contribution in [2.45, 2.75) is 20.8 Å². The predicted octanol–water partition coefficient (Wildman–Crippen LogP) is 0.522. The van der Waals surface area contributed by atoms with Crippen molar-refractivity contribution in [3.05, 3.63) is 0 Å². The Morgan fingerprint density at radius 2 is 1.63 bits per heavy atom. The fourth-order valence-corrected chi connectivity index (χ4v) is 3.22. The van der Waals surface area contributed by atoms with Gasteiger partial charge in [0.15, 0.2) is 0 Å². The van der Waals surface area contributed by atoms with Crippen LogP contribution in [0.3, 0.4) is 0 Å². The van der Waals surface area contributed by atoms with Gasteiger partial charge in [-0.3, -0.25) is 14.4 Å². The lowest BCUT2D eigenvalue weighted by Gasteiger charge is -2.16. The maximum atomic E-state index is 12.3. The fourth-order valence-electron chi connectivity index (χ4n) is 3.22. The highest BCUT2D eigenvalue weighted by molar-refractivity contribution is 5.92. The van der Waals surface area contributed by atoms with Gasteiger partial charge < -0.3 is 15.1 Å². The summed E-state index contributed by atoms with van der Waals surface area (Å²) in [4.78, 5) is 35.9. The summed E-state index contributed by atoms with van der Waals surface area (Å²) >= 11 is 0. The zero-order chi connectivity index (χ0) is 14.5. The summed E-state index contributed by atoms with van der Waals surface area (Å²) in [5.74, 6) is -3.88. The standard InChI is InChI=1S/C13H19NO5/c1-6-4-14(5-7(6)11(16)17)10(15)8-9(12(18)19)13(8,2)3/h6-9H,4-5H2,1-3H3,(H,16,17)(H,18,19)/t6-,7-,8+,9-/m1/s1. The van der Waals surface area contributed by atoms with Gasteiger partial charge in [0, 0.05) is 13.1 Å². The topological polar surface area (TPSA) is 94.9 Å². The highest BCUT2D eigenvalue weighted by Gasteiger charge is 2.67. The van der Waals surface area contributed by atoms with Crippen LogP contribution in [-0.4, -0.2) is 46.0 Å². The van der Waals surface area contributed by atoms with Crippen molar-refractivity contribution >= 4 is 17.8 Å². The molecule has 1 saturated carbocycles. The van der Waals surface area contributed by atoms with Crippen molar-refractivity contribution in [2.24, 2.45) is 29.1 Å². The van der Waals surface area contributed by atoms with Crippen LogP contribution in [0.25, 0.3) is 0 Å². The second-order valence-corrected chi connectivity index (χ2v) is 6.28. The third-order valence-corrected chi connectivity index (χ3v) is 4.60. The van der Waals surface area contributed by atoms with E-state index in [2.05, 4.69) is 0 Å². The molecule has 0 bridgehead atoms. The highest BCUT2D eigenvalue weighted by Crippen LogP contribution is 2.59. The van der Waals surface area contributed by atoms with Crippen molar-refractivity contribution in [3.63, 3.8) is 0 Å². The molecular formula is C13H19NO5. The highest BCUT2D eigenvalue weighted by atomic mass is 16.4. The first kappa shape index (κ1) is 13.8. The van der Waals surface area contributed by atoms with E-state index in [1.165, 1.54) is 4.90 Å². The molecule has 1 amide bonds. The molecule has 0 unspecified atom stereocenters. The van der Waals surface area contributed by atoms with Crippen LogP contribution in [0, 0.1) is 29.1 Å². The van der Waals surface area contributed by atoms with E-state index in [1.54, 1.807) is 20.8 Å². The van der Waals surface area contributed by atoms with Gasteiger partial charge in [-0.05, 0) is 11.3 Å². The molecule has 19 heavy (non-hydrogen) atoms. The Morgan fingerprint density at radius 3 is 2.00 bits per heavy atom. The van der Waals surface area contributed by atoms with Crippen LogP contribution in [-0.2, 0) is 14.4 Å². The molecule has 0 radical (unpaired) electrons. The summed E-state index contributed by atoms with van der Waals surface area (Å²) in [5, 5.41) is 18.1. The van der Waals surface area contributed by atoms with E-state index >= 15 is 0 Å². The second kappa shape index (κ2) is 4.21. The minimum Gasteiger partial charge on any atom is -0.481 e. The average molecular weight is 269 g/mol. The Bertz CT molecular complexity index is 444. The lowest BCUT2D eigenvalue weighted by molar-refractivity contribution is -0.143. The van der Waals surface area contributed by atoms with Crippen LogP contribution in [0.1, 0.15) is 20.8 Å². The lowest BCUT2D eigenvalue weighted by atomic mass is 9.99. The molecule has 2 fully saturated rings. The van der Waals surface area contributed by atoms with E-state index in [1.807, 2.05) is 0 Å². The van der Waals surface area contributed by atoms with Crippen LogP contribution >= 0.6 is 0 Å². The summed E-state index contributed by atoms with van der Waals surface area (Å²) in [6.45, 7) is 5.92. The fraction of sp³-hybridized carbons (Fsp3) is 0.769. The van der Waals surface area contributed by atoms with Gasteiger partial charge in [-0.15, -0.1) is 0 Å². The van der Waals surface area contributed by atoms with Crippen LogP contribution in [0.5, 0.6) is 0 Å². The van der Waals surface area contributed by atoms with Gasteiger partial charge in [-0.2, -0.15) is 0 Å². The van der Waals surface area contributed by atoms with Gasteiger partial charge in [0.1, 0.15) is 0 Å². The van der Waals surface area contributed by atoms with Crippen molar-refractivity contribution < 1.29 is 24.6 Å². The summed E-state index contributed by atoms with van der Waals surface area (Å²) in [6.07, 6.45) is 0. The first-order chi connectivity index (χ1) is 8.67. The molecule has 6 heteroatoms. The smallest absolute Gasteiger partial charge is 0.308 e. The number of hydrogen-bond acceptors (Lipinski definition) is 3.